The standard InChI is InChI=1S/C15H20N2O4/c1-2-9-21-12-5-3-11(4-6-12)17-14(20)16-10-15(7-8-15)13(18)19/h3-6H,2,7-10H2,1H3,(H,18,19)(H2,16,17,20). The Labute approximate surface area is 123 Å². The van der Waals surface area contributed by atoms with Gasteiger partial charge in [0.05, 0.1) is 12.0 Å². The Morgan fingerprint density at radius 3 is 2.48 bits per heavy atom. The average Bonchev–Trinajstić information content (AvgIpc) is 3.26. The summed E-state index contributed by atoms with van der Waals surface area (Å²) in [6.07, 6.45) is 2.17. The number of aliphatic carboxylic acids is 1. The number of carboxylic acid groups (broad SMARTS) is 1. The van der Waals surface area contributed by atoms with Crippen LogP contribution in [0.1, 0.15) is 26.2 Å². The van der Waals surface area contributed by atoms with E-state index in [0.29, 0.717) is 25.1 Å². The van der Waals surface area contributed by atoms with E-state index in [2.05, 4.69) is 10.6 Å². The third kappa shape index (κ3) is 4.11. The van der Waals surface area contributed by atoms with Crippen LogP contribution in [0.3, 0.4) is 0 Å². The van der Waals surface area contributed by atoms with Crippen molar-refractivity contribution in [2.24, 2.45) is 5.41 Å². The fourth-order valence-corrected chi connectivity index (χ4v) is 1.90. The summed E-state index contributed by atoms with van der Waals surface area (Å²) in [5.74, 6) is -0.0918. The normalized spacial score (nSPS) is 15.1. The first-order valence-corrected chi connectivity index (χ1v) is 7.07. The second-order valence-corrected chi connectivity index (χ2v) is 5.27. The van der Waals surface area contributed by atoms with E-state index in [-0.39, 0.29) is 6.54 Å². The first-order chi connectivity index (χ1) is 10.1. The molecule has 0 heterocycles. The number of anilines is 1. The van der Waals surface area contributed by atoms with Crippen LogP contribution in [-0.4, -0.2) is 30.3 Å². The lowest BCUT2D eigenvalue weighted by Gasteiger charge is -2.12. The number of benzene rings is 1. The Morgan fingerprint density at radius 2 is 1.95 bits per heavy atom. The van der Waals surface area contributed by atoms with E-state index in [0.717, 1.165) is 12.2 Å². The van der Waals surface area contributed by atoms with Gasteiger partial charge in [0.25, 0.3) is 0 Å². The number of rotatable bonds is 7. The Hall–Kier alpha value is -2.24. The molecule has 2 rings (SSSR count). The average molecular weight is 292 g/mol. The van der Waals surface area contributed by atoms with Crippen molar-refractivity contribution in [3.8, 4) is 5.75 Å². The summed E-state index contributed by atoms with van der Waals surface area (Å²) < 4.78 is 5.45. The van der Waals surface area contributed by atoms with Gasteiger partial charge in [-0.05, 0) is 43.5 Å². The van der Waals surface area contributed by atoms with Crippen LogP contribution in [0.15, 0.2) is 24.3 Å². The molecule has 1 aromatic carbocycles. The van der Waals surface area contributed by atoms with Gasteiger partial charge in [0, 0.05) is 12.2 Å². The number of carbonyl (C=O) groups is 2. The molecule has 0 saturated heterocycles. The smallest absolute Gasteiger partial charge is 0.319 e. The van der Waals surface area contributed by atoms with E-state index < -0.39 is 17.4 Å². The summed E-state index contributed by atoms with van der Waals surface area (Å²) in [6, 6.07) is 6.66. The molecule has 0 unspecified atom stereocenters. The number of carboxylic acids is 1. The molecule has 6 heteroatoms. The molecule has 114 valence electrons. The van der Waals surface area contributed by atoms with E-state index in [4.69, 9.17) is 9.84 Å². The van der Waals surface area contributed by atoms with Gasteiger partial charge in [0.1, 0.15) is 5.75 Å². The van der Waals surface area contributed by atoms with Crippen LogP contribution in [0.25, 0.3) is 0 Å². The number of amides is 2. The van der Waals surface area contributed by atoms with Gasteiger partial charge in [-0.25, -0.2) is 4.79 Å². The van der Waals surface area contributed by atoms with E-state index in [1.165, 1.54) is 0 Å². The fourth-order valence-electron chi connectivity index (χ4n) is 1.90. The molecule has 1 aliphatic carbocycles. The lowest BCUT2D eigenvalue weighted by atomic mass is 10.1. The van der Waals surface area contributed by atoms with Crippen LogP contribution in [0.4, 0.5) is 10.5 Å². The molecule has 1 aliphatic rings. The van der Waals surface area contributed by atoms with Crippen molar-refractivity contribution < 1.29 is 19.4 Å². The minimum atomic E-state index is -0.847. The third-order valence-corrected chi connectivity index (χ3v) is 3.48. The highest BCUT2D eigenvalue weighted by atomic mass is 16.5. The molecule has 0 radical (unpaired) electrons. The summed E-state index contributed by atoms with van der Waals surface area (Å²) in [5.41, 5.74) is -0.119. The zero-order valence-corrected chi connectivity index (χ0v) is 12.0. The molecular formula is C15H20N2O4. The lowest BCUT2D eigenvalue weighted by Crippen LogP contribution is -2.36. The predicted octanol–water partition coefficient (Wildman–Crippen LogP) is 2.46. The largest absolute Gasteiger partial charge is 0.494 e. The van der Waals surface area contributed by atoms with Gasteiger partial charge in [0.2, 0.25) is 0 Å². The zero-order chi connectivity index (χ0) is 15.3. The molecule has 6 nitrogen and oxygen atoms in total. The molecule has 1 fully saturated rings. The lowest BCUT2D eigenvalue weighted by molar-refractivity contribution is -0.143. The SMILES string of the molecule is CCCOc1ccc(NC(=O)NCC2(C(=O)O)CC2)cc1. The molecule has 2 amide bonds. The molecule has 0 aromatic heterocycles. The first kappa shape index (κ1) is 15.2. The zero-order valence-electron chi connectivity index (χ0n) is 12.0. The van der Waals surface area contributed by atoms with Gasteiger partial charge in [-0.3, -0.25) is 4.79 Å². The van der Waals surface area contributed by atoms with Crippen LogP contribution in [0.2, 0.25) is 0 Å². The van der Waals surface area contributed by atoms with E-state index >= 15 is 0 Å². The maximum absolute atomic E-state index is 11.7. The Morgan fingerprint density at radius 1 is 1.29 bits per heavy atom. The summed E-state index contributed by atoms with van der Waals surface area (Å²) in [6.45, 7) is 2.85. The maximum atomic E-state index is 11.7. The van der Waals surface area contributed by atoms with E-state index in [1.54, 1.807) is 24.3 Å². The summed E-state index contributed by atoms with van der Waals surface area (Å²) in [4.78, 5) is 22.7. The Balaban J connectivity index is 1.78. The number of urea groups is 1. The number of nitrogens with one attached hydrogen (secondary N) is 2. The third-order valence-electron chi connectivity index (χ3n) is 3.48. The minimum absolute atomic E-state index is 0.159. The van der Waals surface area contributed by atoms with Crippen molar-refractivity contribution in [1.29, 1.82) is 0 Å². The summed E-state index contributed by atoms with van der Waals surface area (Å²) >= 11 is 0. The summed E-state index contributed by atoms with van der Waals surface area (Å²) in [7, 11) is 0. The predicted molar refractivity (Wildman–Crippen MR) is 78.6 cm³/mol. The highest BCUT2D eigenvalue weighted by Crippen LogP contribution is 2.45. The van der Waals surface area contributed by atoms with Crippen molar-refractivity contribution in [3.05, 3.63) is 24.3 Å². The topological polar surface area (TPSA) is 87.7 Å². The molecule has 0 bridgehead atoms. The monoisotopic (exact) mass is 292 g/mol. The fraction of sp³-hybridized carbons (Fsp3) is 0.467. The second kappa shape index (κ2) is 6.47. The van der Waals surface area contributed by atoms with Crippen molar-refractivity contribution in [1.82, 2.24) is 5.32 Å². The molecule has 1 aromatic rings. The van der Waals surface area contributed by atoms with Crippen molar-refractivity contribution in [3.63, 3.8) is 0 Å². The van der Waals surface area contributed by atoms with Crippen molar-refractivity contribution in [2.45, 2.75) is 26.2 Å². The van der Waals surface area contributed by atoms with Crippen LogP contribution < -0.4 is 15.4 Å². The minimum Gasteiger partial charge on any atom is -0.494 e. The Bertz CT molecular complexity index is 509. The maximum Gasteiger partial charge on any atom is 0.319 e. The quantitative estimate of drug-likeness (QED) is 0.720. The highest BCUT2D eigenvalue weighted by Gasteiger charge is 2.50. The van der Waals surface area contributed by atoms with E-state index in [1.807, 2.05) is 6.92 Å². The molecule has 0 atom stereocenters. The Kier molecular flexibility index (Phi) is 4.67. The molecule has 3 N–H and O–H groups in total. The first-order valence-electron chi connectivity index (χ1n) is 7.07. The number of hydrogen-bond acceptors (Lipinski definition) is 3. The second-order valence-electron chi connectivity index (χ2n) is 5.27. The van der Waals surface area contributed by atoms with Crippen LogP contribution in [-0.2, 0) is 4.79 Å². The van der Waals surface area contributed by atoms with Gasteiger partial charge in [-0.2, -0.15) is 0 Å². The van der Waals surface area contributed by atoms with Crippen LogP contribution in [0.5, 0.6) is 5.75 Å². The number of carbonyl (C=O) groups excluding carboxylic acids is 1. The van der Waals surface area contributed by atoms with Gasteiger partial charge in [0.15, 0.2) is 0 Å². The van der Waals surface area contributed by atoms with Gasteiger partial charge >= 0.3 is 12.0 Å². The van der Waals surface area contributed by atoms with Gasteiger partial charge < -0.3 is 20.5 Å². The summed E-state index contributed by atoms with van der Waals surface area (Å²) in [5, 5.41) is 14.3. The molecule has 1 saturated carbocycles. The van der Waals surface area contributed by atoms with Gasteiger partial charge in [-0.15, -0.1) is 0 Å². The van der Waals surface area contributed by atoms with Crippen LogP contribution >= 0.6 is 0 Å². The number of ether oxygens (including phenoxy) is 1. The van der Waals surface area contributed by atoms with Crippen LogP contribution in [0, 0.1) is 5.41 Å². The van der Waals surface area contributed by atoms with E-state index in [9.17, 15) is 9.59 Å². The number of hydrogen-bond donors (Lipinski definition) is 3. The molecular weight excluding hydrogens is 272 g/mol. The highest BCUT2D eigenvalue weighted by molar-refractivity contribution is 5.90. The van der Waals surface area contributed by atoms with Crippen molar-refractivity contribution >= 4 is 17.7 Å². The van der Waals surface area contributed by atoms with Gasteiger partial charge in [-0.1, -0.05) is 6.92 Å². The molecule has 0 aliphatic heterocycles. The van der Waals surface area contributed by atoms with Crippen molar-refractivity contribution in [2.75, 3.05) is 18.5 Å². The molecule has 0 spiro atoms. The molecule has 21 heavy (non-hydrogen) atoms.